The van der Waals surface area contributed by atoms with Gasteiger partial charge >= 0.3 is 0 Å². The molecule has 2 unspecified atom stereocenters. The molecule has 0 bridgehead atoms. The maximum atomic E-state index is 6.17. The molecule has 1 aromatic carbocycles. The zero-order valence-corrected chi connectivity index (χ0v) is 13.6. The fourth-order valence-electron chi connectivity index (χ4n) is 2.13. The van der Waals surface area contributed by atoms with Gasteiger partial charge in [-0.1, -0.05) is 64.8 Å². The lowest BCUT2D eigenvalue weighted by atomic mass is 9.92. The molecule has 2 atom stereocenters. The first-order valence-electron chi connectivity index (χ1n) is 6.08. The molecule has 0 saturated heterocycles. The van der Waals surface area contributed by atoms with Gasteiger partial charge in [-0.05, 0) is 30.5 Å². The third kappa shape index (κ3) is 2.98. The van der Waals surface area contributed by atoms with Gasteiger partial charge in [0.2, 0.25) is 0 Å². The number of halogens is 2. The number of hydrogen-bond acceptors (Lipinski definition) is 1. The molecule has 3 heteroatoms. The Morgan fingerprint density at radius 1 is 1.28 bits per heavy atom. The van der Waals surface area contributed by atoms with Crippen LogP contribution in [-0.4, -0.2) is 0 Å². The minimum absolute atomic E-state index is 0.334. The van der Waals surface area contributed by atoms with E-state index in [9.17, 15) is 0 Å². The number of thiophene rings is 1. The van der Waals surface area contributed by atoms with Crippen LogP contribution in [0.5, 0.6) is 0 Å². The van der Waals surface area contributed by atoms with Crippen molar-refractivity contribution in [3.63, 3.8) is 0 Å². The van der Waals surface area contributed by atoms with Crippen molar-refractivity contribution in [1.29, 1.82) is 0 Å². The SMILES string of the molecule is CCC(c1ccccc1)C(Br)c1cc(C)c(Cl)s1. The average molecular weight is 344 g/mol. The Balaban J connectivity index is 2.28. The van der Waals surface area contributed by atoms with Crippen LogP contribution in [0.15, 0.2) is 36.4 Å². The van der Waals surface area contributed by atoms with Crippen LogP contribution in [0.1, 0.15) is 40.1 Å². The van der Waals surface area contributed by atoms with Crippen molar-refractivity contribution in [2.75, 3.05) is 0 Å². The highest BCUT2D eigenvalue weighted by Crippen LogP contribution is 2.44. The number of alkyl halides is 1. The van der Waals surface area contributed by atoms with E-state index >= 15 is 0 Å². The Morgan fingerprint density at radius 2 is 1.94 bits per heavy atom. The van der Waals surface area contributed by atoms with Crippen molar-refractivity contribution < 1.29 is 0 Å². The first kappa shape index (κ1) is 14.1. The second-order valence-corrected chi connectivity index (χ2v) is 7.11. The first-order chi connectivity index (χ1) is 8.63. The normalized spacial score (nSPS) is 14.4. The van der Waals surface area contributed by atoms with E-state index in [4.69, 9.17) is 11.6 Å². The minimum Gasteiger partial charge on any atom is -0.127 e. The zero-order valence-electron chi connectivity index (χ0n) is 10.5. The predicted molar refractivity (Wildman–Crippen MR) is 85.2 cm³/mol. The highest BCUT2D eigenvalue weighted by Gasteiger charge is 2.22. The summed E-state index contributed by atoms with van der Waals surface area (Å²) in [5.74, 6) is 0.486. The van der Waals surface area contributed by atoms with Crippen molar-refractivity contribution in [2.24, 2.45) is 0 Å². The molecule has 18 heavy (non-hydrogen) atoms. The highest BCUT2D eigenvalue weighted by molar-refractivity contribution is 9.09. The molecule has 0 N–H and O–H groups in total. The fraction of sp³-hybridized carbons (Fsp3) is 0.333. The van der Waals surface area contributed by atoms with E-state index in [1.165, 1.54) is 16.0 Å². The van der Waals surface area contributed by atoms with Gasteiger partial charge in [-0.25, -0.2) is 0 Å². The fourth-order valence-corrected chi connectivity index (χ4v) is 4.48. The summed E-state index contributed by atoms with van der Waals surface area (Å²) in [6.45, 7) is 4.29. The Kier molecular flexibility index (Phi) is 4.88. The highest BCUT2D eigenvalue weighted by atomic mass is 79.9. The van der Waals surface area contributed by atoms with Crippen molar-refractivity contribution in [1.82, 2.24) is 0 Å². The molecule has 0 aliphatic carbocycles. The summed E-state index contributed by atoms with van der Waals surface area (Å²) in [7, 11) is 0. The van der Waals surface area contributed by atoms with E-state index in [-0.39, 0.29) is 0 Å². The van der Waals surface area contributed by atoms with Crippen LogP contribution in [0.2, 0.25) is 4.34 Å². The minimum atomic E-state index is 0.334. The predicted octanol–water partition coefficient (Wildman–Crippen LogP) is 6.34. The van der Waals surface area contributed by atoms with Gasteiger partial charge in [0, 0.05) is 10.8 Å². The Morgan fingerprint density at radius 3 is 2.44 bits per heavy atom. The quantitative estimate of drug-likeness (QED) is 0.568. The van der Waals surface area contributed by atoms with Gasteiger partial charge in [-0.15, -0.1) is 11.3 Å². The molecule has 0 nitrogen and oxygen atoms in total. The third-order valence-electron chi connectivity index (χ3n) is 3.17. The van der Waals surface area contributed by atoms with Crippen LogP contribution < -0.4 is 0 Å². The summed E-state index contributed by atoms with van der Waals surface area (Å²) in [6.07, 6.45) is 1.11. The molecule has 0 amide bonds. The van der Waals surface area contributed by atoms with Gasteiger partial charge in [-0.2, -0.15) is 0 Å². The maximum absolute atomic E-state index is 6.17. The van der Waals surface area contributed by atoms with Crippen LogP contribution in [-0.2, 0) is 0 Å². The molecule has 0 aliphatic rings. The Hall–Kier alpha value is -0.310. The molecule has 2 aromatic rings. The van der Waals surface area contributed by atoms with Gasteiger partial charge in [0.15, 0.2) is 0 Å². The van der Waals surface area contributed by atoms with Crippen LogP contribution in [0.4, 0.5) is 0 Å². The van der Waals surface area contributed by atoms with E-state index < -0.39 is 0 Å². The molecule has 0 aliphatic heterocycles. The van der Waals surface area contributed by atoms with Crippen LogP contribution in [0, 0.1) is 6.92 Å². The topological polar surface area (TPSA) is 0 Å². The van der Waals surface area contributed by atoms with Gasteiger partial charge in [0.25, 0.3) is 0 Å². The zero-order chi connectivity index (χ0) is 13.1. The summed E-state index contributed by atoms with van der Waals surface area (Å²) in [5.41, 5.74) is 2.55. The number of benzene rings is 1. The summed E-state index contributed by atoms with van der Waals surface area (Å²) in [4.78, 5) is 1.65. The molecule has 96 valence electrons. The van der Waals surface area contributed by atoms with Gasteiger partial charge < -0.3 is 0 Å². The number of rotatable bonds is 4. The van der Waals surface area contributed by atoms with E-state index in [0.29, 0.717) is 10.7 Å². The van der Waals surface area contributed by atoms with E-state index in [1.807, 2.05) is 0 Å². The molecule has 2 rings (SSSR count). The summed E-state index contributed by atoms with van der Waals surface area (Å²) in [5, 5.41) is 0. The molecule has 0 radical (unpaired) electrons. The monoisotopic (exact) mass is 342 g/mol. The molecular formula is C15H16BrClS. The molecular weight excluding hydrogens is 328 g/mol. The summed E-state index contributed by atoms with van der Waals surface area (Å²) >= 11 is 11.7. The molecule has 0 saturated carbocycles. The van der Waals surface area contributed by atoms with Gasteiger partial charge in [0.1, 0.15) is 0 Å². The van der Waals surface area contributed by atoms with Crippen LogP contribution in [0.25, 0.3) is 0 Å². The second-order valence-electron chi connectivity index (χ2n) is 4.43. The van der Waals surface area contributed by atoms with Gasteiger partial charge in [0.05, 0.1) is 9.16 Å². The molecule has 0 fully saturated rings. The van der Waals surface area contributed by atoms with Crippen LogP contribution in [0.3, 0.4) is 0 Å². The summed E-state index contributed by atoms with van der Waals surface area (Å²) < 4.78 is 0.900. The Labute approximate surface area is 126 Å². The number of hydrogen-bond donors (Lipinski definition) is 0. The molecule has 1 aromatic heterocycles. The van der Waals surface area contributed by atoms with Crippen molar-refractivity contribution in [3.05, 3.63) is 56.7 Å². The van der Waals surface area contributed by atoms with Crippen molar-refractivity contribution in [2.45, 2.75) is 31.0 Å². The third-order valence-corrected chi connectivity index (χ3v) is 6.24. The maximum Gasteiger partial charge on any atom is 0.0960 e. The second kappa shape index (κ2) is 6.23. The summed E-state index contributed by atoms with van der Waals surface area (Å²) in [6, 6.07) is 12.9. The lowest BCUT2D eigenvalue weighted by molar-refractivity contribution is 0.661. The standard InChI is InChI=1S/C15H16BrClS/c1-3-12(11-7-5-4-6-8-11)14(16)13-9-10(2)15(17)18-13/h4-9,12,14H,3H2,1-2H3. The lowest BCUT2D eigenvalue weighted by Crippen LogP contribution is -2.03. The molecule has 1 heterocycles. The van der Waals surface area contributed by atoms with Crippen molar-refractivity contribution >= 4 is 38.9 Å². The number of aryl methyl sites for hydroxylation is 1. The largest absolute Gasteiger partial charge is 0.127 e. The Bertz CT molecular complexity index is 487. The molecule has 0 spiro atoms. The van der Waals surface area contributed by atoms with Crippen LogP contribution >= 0.6 is 38.9 Å². The van der Waals surface area contributed by atoms with Crippen molar-refractivity contribution in [3.8, 4) is 0 Å². The smallest absolute Gasteiger partial charge is 0.0960 e. The van der Waals surface area contributed by atoms with E-state index in [2.05, 4.69) is 66.2 Å². The lowest BCUT2D eigenvalue weighted by Gasteiger charge is -2.20. The first-order valence-corrected chi connectivity index (χ1v) is 8.19. The van der Waals surface area contributed by atoms with E-state index in [0.717, 1.165) is 10.8 Å². The van der Waals surface area contributed by atoms with Gasteiger partial charge in [-0.3, -0.25) is 0 Å². The average Bonchev–Trinajstić information content (AvgIpc) is 2.72. The van der Waals surface area contributed by atoms with E-state index in [1.54, 1.807) is 11.3 Å².